The van der Waals surface area contributed by atoms with Crippen molar-refractivity contribution in [2.45, 2.75) is 44.8 Å². The van der Waals surface area contributed by atoms with Crippen molar-refractivity contribution >= 4 is 23.2 Å². The molecule has 8 nitrogen and oxygen atoms in total. The van der Waals surface area contributed by atoms with Crippen LogP contribution in [0, 0.1) is 11.8 Å². The molecule has 0 aliphatic heterocycles. The average molecular weight is 452 g/mol. The summed E-state index contributed by atoms with van der Waals surface area (Å²) in [6.07, 6.45) is 6.21. The number of carbonyl (C=O) groups is 1. The van der Waals surface area contributed by atoms with Crippen LogP contribution < -0.4 is 5.32 Å². The van der Waals surface area contributed by atoms with Gasteiger partial charge in [-0.15, -0.1) is 0 Å². The highest BCUT2D eigenvalue weighted by molar-refractivity contribution is 6.28. The third kappa shape index (κ3) is 4.75. The number of rotatable bonds is 6. The molecule has 1 aliphatic carbocycles. The summed E-state index contributed by atoms with van der Waals surface area (Å²) in [6, 6.07) is 1.91. The van der Waals surface area contributed by atoms with Crippen molar-refractivity contribution in [1.29, 1.82) is 0 Å². The van der Waals surface area contributed by atoms with Gasteiger partial charge in [-0.05, 0) is 56.3 Å². The van der Waals surface area contributed by atoms with E-state index in [0.717, 1.165) is 44.1 Å². The molecule has 3 aromatic heterocycles. The first-order valence-corrected chi connectivity index (χ1v) is 10.3. The van der Waals surface area contributed by atoms with E-state index in [1.165, 1.54) is 0 Å². The number of ether oxygens (including phenoxy) is 1. The number of halogens is 3. The molecule has 0 spiro atoms. The maximum atomic E-state index is 14.4. The summed E-state index contributed by atoms with van der Waals surface area (Å²) in [5.74, 6) is -2.25. The van der Waals surface area contributed by atoms with Crippen molar-refractivity contribution in [2.75, 3.05) is 11.9 Å². The Morgan fingerprint density at radius 1 is 1.26 bits per heavy atom. The van der Waals surface area contributed by atoms with E-state index in [1.807, 2.05) is 6.92 Å². The summed E-state index contributed by atoms with van der Waals surface area (Å²) in [7, 11) is 0. The molecule has 0 bridgehead atoms. The number of pyridine rings is 1. The van der Waals surface area contributed by atoms with Crippen molar-refractivity contribution in [3.63, 3.8) is 0 Å². The fraction of sp³-hybridized carbons (Fsp3) is 0.400. The molecule has 1 aliphatic rings. The molecule has 31 heavy (non-hydrogen) atoms. The van der Waals surface area contributed by atoms with Crippen LogP contribution >= 0.6 is 11.6 Å². The van der Waals surface area contributed by atoms with Crippen LogP contribution in [0.1, 0.15) is 49.1 Å². The number of hydrogen-bond acceptors (Lipinski definition) is 6. The quantitative estimate of drug-likeness (QED) is 0.549. The number of aromatic nitrogens is 4. The minimum Gasteiger partial charge on any atom is -0.435 e. The topological polar surface area (TPSA) is 95.1 Å². The smallest absolute Gasteiger partial charge is 0.292 e. The van der Waals surface area contributed by atoms with E-state index in [-0.39, 0.29) is 40.3 Å². The molecule has 0 unspecified atom stereocenters. The van der Waals surface area contributed by atoms with Gasteiger partial charge in [0.15, 0.2) is 11.5 Å². The Balaban J connectivity index is 1.65. The van der Waals surface area contributed by atoms with Crippen molar-refractivity contribution in [3.05, 3.63) is 47.4 Å². The number of anilines is 1. The van der Waals surface area contributed by atoms with Gasteiger partial charge in [0.1, 0.15) is 17.7 Å². The van der Waals surface area contributed by atoms with Crippen LogP contribution in [0.15, 0.2) is 29.0 Å². The zero-order chi connectivity index (χ0) is 22.0. The van der Waals surface area contributed by atoms with Crippen molar-refractivity contribution < 1.29 is 22.7 Å². The van der Waals surface area contributed by atoms with Crippen LogP contribution in [0.2, 0.25) is 5.35 Å². The number of nitrogens with zero attached hydrogens (tertiary/aromatic N) is 4. The second-order valence-electron chi connectivity index (χ2n) is 7.16. The second-order valence-corrected chi connectivity index (χ2v) is 7.48. The number of hydrogen-bond donors (Lipinski definition) is 1. The zero-order valence-electron chi connectivity index (χ0n) is 16.6. The van der Waals surface area contributed by atoms with Gasteiger partial charge in [0.25, 0.3) is 11.3 Å². The van der Waals surface area contributed by atoms with Crippen LogP contribution in [0.25, 0.3) is 11.4 Å². The SMILES string of the molecule is CCO[C@H]1CC[C@H](n2cc(NC(=O)c3coc(Cl)n3)c(-c3nc(F)ccc3F)n2)CC1. The lowest BCUT2D eigenvalue weighted by molar-refractivity contribution is 0.0260. The first-order valence-electron chi connectivity index (χ1n) is 9.90. The second kappa shape index (κ2) is 9.11. The Morgan fingerprint density at radius 2 is 2.03 bits per heavy atom. The molecular formula is C20H20ClF2N5O3. The summed E-state index contributed by atoms with van der Waals surface area (Å²) < 4.78 is 40.3. The Morgan fingerprint density at radius 3 is 2.71 bits per heavy atom. The maximum absolute atomic E-state index is 14.4. The minimum absolute atomic E-state index is 0.0203. The summed E-state index contributed by atoms with van der Waals surface area (Å²) in [5, 5.41) is 6.88. The lowest BCUT2D eigenvalue weighted by atomic mass is 9.93. The molecular weight excluding hydrogens is 432 g/mol. The molecule has 3 aromatic rings. The Kier molecular flexibility index (Phi) is 6.28. The highest BCUT2D eigenvalue weighted by Gasteiger charge is 2.27. The normalized spacial score (nSPS) is 18.8. The average Bonchev–Trinajstić information content (AvgIpc) is 3.37. The fourth-order valence-corrected chi connectivity index (χ4v) is 3.82. The van der Waals surface area contributed by atoms with Gasteiger partial charge in [0.2, 0.25) is 5.95 Å². The number of amides is 1. The molecule has 4 rings (SSSR count). The maximum Gasteiger partial charge on any atom is 0.292 e. The van der Waals surface area contributed by atoms with E-state index in [0.29, 0.717) is 6.61 Å². The van der Waals surface area contributed by atoms with E-state index in [4.69, 9.17) is 20.8 Å². The van der Waals surface area contributed by atoms with E-state index >= 15 is 0 Å². The van der Waals surface area contributed by atoms with Gasteiger partial charge >= 0.3 is 0 Å². The zero-order valence-corrected chi connectivity index (χ0v) is 17.4. The number of carbonyl (C=O) groups excluding carboxylic acids is 1. The molecule has 0 atom stereocenters. The van der Waals surface area contributed by atoms with Crippen LogP contribution in [0.3, 0.4) is 0 Å². The van der Waals surface area contributed by atoms with Gasteiger partial charge < -0.3 is 14.5 Å². The largest absolute Gasteiger partial charge is 0.435 e. The van der Waals surface area contributed by atoms with Gasteiger partial charge in [-0.3, -0.25) is 9.48 Å². The summed E-state index contributed by atoms with van der Waals surface area (Å²) in [4.78, 5) is 19.9. The predicted octanol–water partition coefficient (Wildman–Crippen LogP) is 4.64. The van der Waals surface area contributed by atoms with Gasteiger partial charge in [0.05, 0.1) is 17.8 Å². The predicted molar refractivity (Wildman–Crippen MR) is 108 cm³/mol. The minimum atomic E-state index is -0.858. The molecule has 1 fully saturated rings. The van der Waals surface area contributed by atoms with Crippen molar-refractivity contribution in [3.8, 4) is 11.4 Å². The lowest BCUT2D eigenvalue weighted by Gasteiger charge is -2.28. The molecule has 0 radical (unpaired) electrons. The van der Waals surface area contributed by atoms with Gasteiger partial charge in [-0.2, -0.15) is 14.5 Å². The third-order valence-electron chi connectivity index (χ3n) is 5.15. The van der Waals surface area contributed by atoms with Crippen LogP contribution in [0.4, 0.5) is 14.5 Å². The highest BCUT2D eigenvalue weighted by atomic mass is 35.5. The number of nitrogens with one attached hydrogen (secondary N) is 1. The first kappa shape index (κ1) is 21.4. The standard InChI is InChI=1S/C20H20ClF2N5O3/c1-2-30-12-5-3-11(4-6-12)28-9-14(24-19(29)15-10-31-20(21)25-15)18(27-28)17-13(22)7-8-16(23)26-17/h7-12H,2-6H2,1H3,(H,24,29)/t11-,12-. The Bertz CT molecular complexity index is 1080. The molecule has 3 heterocycles. The molecule has 164 valence electrons. The van der Waals surface area contributed by atoms with Gasteiger partial charge in [0, 0.05) is 12.8 Å². The summed E-state index contributed by atoms with van der Waals surface area (Å²) >= 11 is 5.63. The lowest BCUT2D eigenvalue weighted by Crippen LogP contribution is -2.24. The van der Waals surface area contributed by atoms with Crippen LogP contribution in [0.5, 0.6) is 0 Å². The summed E-state index contributed by atoms with van der Waals surface area (Å²) in [5.41, 5.74) is -0.163. The monoisotopic (exact) mass is 451 g/mol. The Labute approximate surface area is 181 Å². The van der Waals surface area contributed by atoms with Crippen LogP contribution in [-0.4, -0.2) is 38.4 Å². The van der Waals surface area contributed by atoms with Gasteiger partial charge in [-0.25, -0.2) is 9.37 Å². The van der Waals surface area contributed by atoms with E-state index in [2.05, 4.69) is 20.4 Å². The molecule has 0 aromatic carbocycles. The molecule has 0 saturated heterocycles. The van der Waals surface area contributed by atoms with Crippen molar-refractivity contribution in [1.82, 2.24) is 19.7 Å². The highest BCUT2D eigenvalue weighted by Crippen LogP contribution is 2.34. The van der Waals surface area contributed by atoms with Crippen LogP contribution in [-0.2, 0) is 4.74 Å². The fourth-order valence-electron chi connectivity index (χ4n) is 3.68. The molecule has 1 saturated carbocycles. The first-order chi connectivity index (χ1) is 14.9. The van der Waals surface area contributed by atoms with Gasteiger partial charge in [-0.1, -0.05) is 0 Å². The van der Waals surface area contributed by atoms with E-state index < -0.39 is 17.7 Å². The Hall–Kier alpha value is -2.85. The summed E-state index contributed by atoms with van der Waals surface area (Å²) in [6.45, 7) is 2.62. The molecule has 1 amide bonds. The molecule has 11 heteroatoms. The van der Waals surface area contributed by atoms with E-state index in [9.17, 15) is 13.6 Å². The van der Waals surface area contributed by atoms with E-state index in [1.54, 1.807) is 10.9 Å². The number of oxazole rings is 1. The van der Waals surface area contributed by atoms with Crippen molar-refractivity contribution in [2.24, 2.45) is 0 Å². The third-order valence-corrected chi connectivity index (χ3v) is 5.32. The molecule has 1 N–H and O–H groups in total.